The largest absolute Gasteiger partial charge is 0.497 e. The van der Waals surface area contributed by atoms with Crippen molar-refractivity contribution in [2.45, 2.75) is 26.3 Å². The van der Waals surface area contributed by atoms with Gasteiger partial charge in [0.2, 0.25) is 0 Å². The predicted octanol–water partition coefficient (Wildman–Crippen LogP) is 3.72. The average molecular weight is 421 g/mol. The molecule has 6 nitrogen and oxygen atoms in total. The molecule has 1 saturated heterocycles. The highest BCUT2D eigenvalue weighted by Gasteiger charge is 2.42. The van der Waals surface area contributed by atoms with E-state index >= 15 is 0 Å². The normalized spacial score (nSPS) is 17.5. The number of carbonyl (C=O) groups is 2. The predicted molar refractivity (Wildman–Crippen MR) is 118 cm³/mol. The summed E-state index contributed by atoms with van der Waals surface area (Å²) in [6.07, 6.45) is 2.01. The maximum atomic E-state index is 13.6. The van der Waals surface area contributed by atoms with Crippen LogP contribution >= 0.6 is 0 Å². The Balaban J connectivity index is 1.72. The van der Waals surface area contributed by atoms with Gasteiger partial charge in [0.05, 0.1) is 26.3 Å². The number of piperidine rings is 1. The van der Waals surface area contributed by atoms with Crippen LogP contribution < -0.4 is 9.47 Å². The van der Waals surface area contributed by atoms with Crippen LogP contribution in [0.2, 0.25) is 0 Å². The molecule has 0 unspecified atom stereocenters. The molecular weight excluding hydrogens is 392 g/mol. The molecule has 2 aromatic rings. The molecule has 0 N–H and O–H groups in total. The Morgan fingerprint density at radius 1 is 0.903 bits per heavy atom. The second-order valence-corrected chi connectivity index (χ2v) is 8.14. The summed E-state index contributed by atoms with van der Waals surface area (Å²) >= 11 is 0. The van der Waals surface area contributed by atoms with Crippen molar-refractivity contribution >= 4 is 17.4 Å². The Morgan fingerprint density at radius 2 is 1.58 bits per heavy atom. The van der Waals surface area contributed by atoms with E-state index in [1.807, 2.05) is 48.5 Å². The highest BCUT2D eigenvalue weighted by atomic mass is 16.5. The van der Waals surface area contributed by atoms with Crippen molar-refractivity contribution in [3.8, 4) is 11.5 Å². The highest BCUT2D eigenvalue weighted by Crippen LogP contribution is 2.38. The van der Waals surface area contributed by atoms with Crippen LogP contribution in [0.5, 0.6) is 11.5 Å². The van der Waals surface area contributed by atoms with E-state index in [-0.39, 0.29) is 18.4 Å². The van der Waals surface area contributed by atoms with Gasteiger partial charge in [0.15, 0.2) is 0 Å². The fourth-order valence-electron chi connectivity index (χ4n) is 4.24. The lowest BCUT2D eigenvalue weighted by Gasteiger charge is -2.32. The zero-order chi connectivity index (χ0) is 22.0. The van der Waals surface area contributed by atoms with Gasteiger partial charge in [-0.05, 0) is 42.5 Å². The van der Waals surface area contributed by atoms with E-state index in [9.17, 15) is 9.59 Å². The number of rotatable bonds is 6. The van der Waals surface area contributed by atoms with Gasteiger partial charge in [-0.3, -0.25) is 14.5 Å². The van der Waals surface area contributed by atoms with Gasteiger partial charge in [-0.25, -0.2) is 0 Å². The van der Waals surface area contributed by atoms with E-state index < -0.39 is 0 Å². The summed E-state index contributed by atoms with van der Waals surface area (Å²) in [5, 5.41) is 0. The number of amides is 2. The first-order chi connectivity index (χ1) is 15.0. The third kappa shape index (κ3) is 4.02. The molecule has 0 spiro atoms. The SMILES string of the molecule is COc1ccc(CN2C(=O)C(c3ccccc3OC)=C(N3CCC(C)CC3)C2=O)cc1. The van der Waals surface area contributed by atoms with E-state index in [1.54, 1.807) is 14.2 Å². The maximum absolute atomic E-state index is 13.6. The molecule has 2 aromatic carbocycles. The van der Waals surface area contributed by atoms with Crippen molar-refractivity contribution in [3.63, 3.8) is 0 Å². The summed E-state index contributed by atoms with van der Waals surface area (Å²) in [6.45, 7) is 3.98. The summed E-state index contributed by atoms with van der Waals surface area (Å²) in [4.78, 5) is 30.5. The molecule has 0 bridgehead atoms. The van der Waals surface area contributed by atoms with Crippen LogP contribution in [0.15, 0.2) is 54.2 Å². The van der Waals surface area contributed by atoms with Crippen molar-refractivity contribution in [3.05, 3.63) is 65.4 Å². The molecule has 0 aliphatic carbocycles. The highest BCUT2D eigenvalue weighted by molar-refractivity contribution is 6.35. The standard InChI is InChI=1S/C25H28N2O4/c1-17-12-14-26(15-13-17)23-22(20-6-4-5-7-21(20)31-3)24(28)27(25(23)29)16-18-8-10-19(30-2)11-9-18/h4-11,17H,12-16H2,1-3H3. The van der Waals surface area contributed by atoms with Crippen LogP contribution in [-0.4, -0.2) is 48.9 Å². The molecule has 0 atom stereocenters. The Bertz CT molecular complexity index is 1000. The number of para-hydroxylation sites is 1. The zero-order valence-corrected chi connectivity index (χ0v) is 18.3. The molecule has 2 aliphatic heterocycles. The Kier molecular flexibility index (Phi) is 5.98. The Labute approximate surface area is 183 Å². The van der Waals surface area contributed by atoms with Crippen LogP contribution in [0.3, 0.4) is 0 Å². The number of nitrogens with zero attached hydrogens (tertiary/aromatic N) is 2. The number of methoxy groups -OCH3 is 2. The maximum Gasteiger partial charge on any atom is 0.278 e. The number of likely N-dealkylation sites (tertiary alicyclic amines) is 1. The molecule has 0 aromatic heterocycles. The molecule has 2 heterocycles. The van der Waals surface area contributed by atoms with Crippen LogP contribution in [0.4, 0.5) is 0 Å². The average Bonchev–Trinajstić information content (AvgIpc) is 3.04. The number of ether oxygens (including phenoxy) is 2. The molecule has 0 radical (unpaired) electrons. The van der Waals surface area contributed by atoms with E-state index in [0.29, 0.717) is 28.5 Å². The van der Waals surface area contributed by atoms with Crippen molar-refractivity contribution in [2.24, 2.45) is 5.92 Å². The molecular formula is C25H28N2O4. The molecule has 2 aliphatic rings. The molecule has 6 heteroatoms. The van der Waals surface area contributed by atoms with Gasteiger partial charge in [-0.1, -0.05) is 37.3 Å². The van der Waals surface area contributed by atoms with Crippen molar-refractivity contribution in [2.75, 3.05) is 27.3 Å². The van der Waals surface area contributed by atoms with Crippen molar-refractivity contribution in [1.82, 2.24) is 9.80 Å². The monoisotopic (exact) mass is 420 g/mol. The van der Waals surface area contributed by atoms with Crippen LogP contribution in [0.1, 0.15) is 30.9 Å². The van der Waals surface area contributed by atoms with Crippen LogP contribution in [-0.2, 0) is 16.1 Å². The second-order valence-electron chi connectivity index (χ2n) is 8.14. The fraction of sp³-hybridized carbons (Fsp3) is 0.360. The minimum Gasteiger partial charge on any atom is -0.497 e. The van der Waals surface area contributed by atoms with Gasteiger partial charge in [-0.15, -0.1) is 0 Å². The number of benzene rings is 2. The molecule has 2 amide bonds. The van der Waals surface area contributed by atoms with E-state index in [1.165, 1.54) is 4.90 Å². The summed E-state index contributed by atoms with van der Waals surface area (Å²) in [5.41, 5.74) is 2.46. The number of hydrogen-bond acceptors (Lipinski definition) is 5. The molecule has 162 valence electrons. The quantitative estimate of drug-likeness (QED) is 0.667. The van der Waals surface area contributed by atoms with E-state index in [2.05, 4.69) is 11.8 Å². The zero-order valence-electron chi connectivity index (χ0n) is 18.3. The summed E-state index contributed by atoms with van der Waals surface area (Å²) in [6, 6.07) is 14.8. The molecule has 1 fully saturated rings. The number of hydrogen-bond donors (Lipinski definition) is 0. The molecule has 0 saturated carbocycles. The smallest absolute Gasteiger partial charge is 0.278 e. The first-order valence-electron chi connectivity index (χ1n) is 10.6. The van der Waals surface area contributed by atoms with Crippen molar-refractivity contribution < 1.29 is 19.1 Å². The molecule has 4 rings (SSSR count). The topological polar surface area (TPSA) is 59.1 Å². The van der Waals surface area contributed by atoms with Gasteiger partial charge in [0, 0.05) is 18.7 Å². The fourth-order valence-corrected chi connectivity index (χ4v) is 4.24. The molecule has 31 heavy (non-hydrogen) atoms. The van der Waals surface area contributed by atoms with E-state index in [4.69, 9.17) is 9.47 Å². The van der Waals surface area contributed by atoms with Crippen LogP contribution in [0, 0.1) is 5.92 Å². The first-order valence-corrected chi connectivity index (χ1v) is 10.6. The number of imide groups is 1. The van der Waals surface area contributed by atoms with Crippen molar-refractivity contribution in [1.29, 1.82) is 0 Å². The first kappa shape index (κ1) is 21.0. The Morgan fingerprint density at radius 3 is 2.23 bits per heavy atom. The second kappa shape index (κ2) is 8.84. The van der Waals surface area contributed by atoms with Gasteiger partial charge in [-0.2, -0.15) is 0 Å². The lowest BCUT2D eigenvalue weighted by Crippen LogP contribution is -2.38. The van der Waals surface area contributed by atoms with Gasteiger partial charge in [0.1, 0.15) is 17.2 Å². The summed E-state index contributed by atoms with van der Waals surface area (Å²) in [7, 11) is 3.19. The minimum atomic E-state index is -0.279. The third-order valence-corrected chi connectivity index (χ3v) is 6.12. The number of carbonyl (C=O) groups excluding carboxylic acids is 2. The Hall–Kier alpha value is -3.28. The lowest BCUT2D eigenvalue weighted by atomic mass is 9.97. The minimum absolute atomic E-state index is 0.216. The third-order valence-electron chi connectivity index (χ3n) is 6.12. The van der Waals surface area contributed by atoms with Gasteiger partial charge < -0.3 is 14.4 Å². The van der Waals surface area contributed by atoms with Crippen LogP contribution in [0.25, 0.3) is 5.57 Å². The van der Waals surface area contributed by atoms with E-state index in [0.717, 1.165) is 37.2 Å². The van der Waals surface area contributed by atoms with Gasteiger partial charge >= 0.3 is 0 Å². The lowest BCUT2D eigenvalue weighted by molar-refractivity contribution is -0.138. The summed E-state index contributed by atoms with van der Waals surface area (Å²) < 4.78 is 10.7. The van der Waals surface area contributed by atoms with Gasteiger partial charge in [0.25, 0.3) is 11.8 Å². The summed E-state index contributed by atoms with van der Waals surface area (Å²) in [5.74, 6) is 1.43.